The first-order valence-electron chi connectivity index (χ1n) is 5.88. The highest BCUT2D eigenvalue weighted by molar-refractivity contribution is 6.30. The molecule has 0 unspecified atom stereocenters. The van der Waals surface area contributed by atoms with Crippen molar-refractivity contribution < 1.29 is 9.53 Å². The maximum absolute atomic E-state index is 11.7. The molecule has 0 saturated heterocycles. The number of aromatic nitrogens is 2. The van der Waals surface area contributed by atoms with Gasteiger partial charge in [0.2, 0.25) is 5.91 Å². The van der Waals surface area contributed by atoms with Crippen LogP contribution in [0.25, 0.3) is 5.69 Å². The van der Waals surface area contributed by atoms with Gasteiger partial charge in [0.1, 0.15) is 6.61 Å². The molecule has 0 aliphatic heterocycles. The number of anilines is 1. The number of nitrogens with zero attached hydrogens (tertiary/aromatic N) is 2. The third-order valence-corrected chi connectivity index (χ3v) is 2.66. The number of carbonyl (C=O) groups excluding carboxylic acids is 1. The lowest BCUT2D eigenvalue weighted by molar-refractivity contribution is -0.120. The van der Waals surface area contributed by atoms with Crippen molar-refractivity contribution in [1.29, 1.82) is 0 Å². The van der Waals surface area contributed by atoms with Gasteiger partial charge in [-0.3, -0.25) is 4.79 Å². The minimum atomic E-state index is -0.211. The number of nitrogens with one attached hydrogen (secondary N) is 1. The fourth-order valence-corrected chi connectivity index (χ4v) is 1.76. The summed E-state index contributed by atoms with van der Waals surface area (Å²) >= 11 is 5.98. The maximum Gasteiger partial charge on any atom is 0.250 e. The zero-order valence-electron chi connectivity index (χ0n) is 10.5. The van der Waals surface area contributed by atoms with E-state index in [1.54, 1.807) is 41.3 Å². The molecule has 0 atom stereocenters. The van der Waals surface area contributed by atoms with Crippen molar-refractivity contribution in [3.8, 4) is 5.69 Å². The Morgan fingerprint density at radius 2 is 2.37 bits per heavy atom. The Balaban J connectivity index is 2.23. The van der Waals surface area contributed by atoms with Gasteiger partial charge in [-0.1, -0.05) is 11.6 Å². The predicted octanol–water partition coefficient (Wildman–Crippen LogP) is 2.50. The molecule has 0 fully saturated rings. The molecule has 2 aromatic rings. The minimum Gasteiger partial charge on any atom is -0.372 e. The van der Waals surface area contributed by atoms with E-state index in [0.29, 0.717) is 23.0 Å². The standard InChI is InChI=1S/C13H14ClN3O2/c1-2-19-9-13(18)16-11-5-4-10(14)8-12(11)17-7-3-6-15-17/h3-8H,2,9H2,1H3,(H,16,18). The van der Waals surface area contributed by atoms with Crippen LogP contribution in [0.15, 0.2) is 36.7 Å². The van der Waals surface area contributed by atoms with E-state index in [-0.39, 0.29) is 12.5 Å². The maximum atomic E-state index is 11.7. The molecule has 2 rings (SSSR count). The largest absolute Gasteiger partial charge is 0.372 e. The number of benzene rings is 1. The highest BCUT2D eigenvalue weighted by Crippen LogP contribution is 2.23. The predicted molar refractivity (Wildman–Crippen MR) is 73.7 cm³/mol. The van der Waals surface area contributed by atoms with Gasteiger partial charge in [-0.2, -0.15) is 5.10 Å². The van der Waals surface area contributed by atoms with Crippen LogP contribution in [0.2, 0.25) is 5.02 Å². The molecule has 6 heteroatoms. The van der Waals surface area contributed by atoms with Gasteiger partial charge in [0.05, 0.1) is 11.4 Å². The smallest absolute Gasteiger partial charge is 0.250 e. The van der Waals surface area contributed by atoms with Crippen molar-refractivity contribution in [2.45, 2.75) is 6.92 Å². The monoisotopic (exact) mass is 279 g/mol. The van der Waals surface area contributed by atoms with Crippen LogP contribution >= 0.6 is 11.6 Å². The van der Waals surface area contributed by atoms with E-state index in [1.165, 1.54) is 0 Å². The highest BCUT2D eigenvalue weighted by Gasteiger charge is 2.09. The fraction of sp³-hybridized carbons (Fsp3) is 0.231. The summed E-state index contributed by atoms with van der Waals surface area (Å²) in [6.45, 7) is 2.36. The Labute approximate surface area is 116 Å². The van der Waals surface area contributed by atoms with Crippen LogP contribution in [0.1, 0.15) is 6.92 Å². The van der Waals surface area contributed by atoms with Crippen LogP contribution < -0.4 is 5.32 Å². The third kappa shape index (κ3) is 3.56. The van der Waals surface area contributed by atoms with Crippen LogP contribution in [0.3, 0.4) is 0 Å². The molecule has 0 aliphatic carbocycles. The molecular formula is C13H14ClN3O2. The Hall–Kier alpha value is -1.85. The Bertz CT molecular complexity index is 555. The van der Waals surface area contributed by atoms with Crippen molar-refractivity contribution in [3.63, 3.8) is 0 Å². The van der Waals surface area contributed by atoms with Crippen LogP contribution in [0.5, 0.6) is 0 Å². The molecule has 0 aliphatic rings. The van der Waals surface area contributed by atoms with E-state index in [0.717, 1.165) is 0 Å². The van der Waals surface area contributed by atoms with Crippen molar-refractivity contribution in [1.82, 2.24) is 9.78 Å². The normalized spacial score (nSPS) is 10.4. The molecule has 1 amide bonds. The second kappa shape index (κ2) is 6.36. The van der Waals surface area contributed by atoms with Gasteiger partial charge in [-0.15, -0.1) is 0 Å². The Morgan fingerprint density at radius 1 is 1.53 bits per heavy atom. The zero-order chi connectivity index (χ0) is 13.7. The Kier molecular flexibility index (Phi) is 4.54. The number of hydrogen-bond acceptors (Lipinski definition) is 3. The second-order valence-corrected chi connectivity index (χ2v) is 4.23. The molecule has 100 valence electrons. The third-order valence-electron chi connectivity index (χ3n) is 2.42. The summed E-state index contributed by atoms with van der Waals surface area (Å²) in [6, 6.07) is 6.99. The second-order valence-electron chi connectivity index (χ2n) is 3.80. The zero-order valence-corrected chi connectivity index (χ0v) is 11.2. The van der Waals surface area contributed by atoms with Gasteiger partial charge < -0.3 is 10.1 Å². The average Bonchev–Trinajstić information content (AvgIpc) is 2.92. The minimum absolute atomic E-state index is 0.0255. The van der Waals surface area contributed by atoms with E-state index in [4.69, 9.17) is 16.3 Å². The molecule has 1 aromatic heterocycles. The van der Waals surface area contributed by atoms with Crippen molar-refractivity contribution in [3.05, 3.63) is 41.7 Å². The van der Waals surface area contributed by atoms with Crippen LogP contribution in [0, 0.1) is 0 Å². The summed E-state index contributed by atoms with van der Waals surface area (Å²) in [5.74, 6) is -0.211. The van der Waals surface area contributed by atoms with E-state index in [1.807, 2.05) is 6.92 Å². The Morgan fingerprint density at radius 3 is 3.05 bits per heavy atom. The van der Waals surface area contributed by atoms with E-state index >= 15 is 0 Å². The van der Waals surface area contributed by atoms with E-state index < -0.39 is 0 Å². The molecule has 0 radical (unpaired) electrons. The van der Waals surface area contributed by atoms with Gasteiger partial charge >= 0.3 is 0 Å². The number of ether oxygens (including phenoxy) is 1. The van der Waals surface area contributed by atoms with Gasteiger partial charge in [0.15, 0.2) is 0 Å². The lowest BCUT2D eigenvalue weighted by Crippen LogP contribution is -2.19. The lowest BCUT2D eigenvalue weighted by atomic mass is 10.2. The van der Waals surface area contributed by atoms with E-state index in [9.17, 15) is 4.79 Å². The molecule has 0 saturated carbocycles. The first-order chi connectivity index (χ1) is 9.20. The van der Waals surface area contributed by atoms with Crippen LogP contribution in [-0.4, -0.2) is 28.9 Å². The first kappa shape index (κ1) is 13.6. The van der Waals surface area contributed by atoms with Crippen molar-refractivity contribution in [2.24, 2.45) is 0 Å². The molecule has 1 aromatic carbocycles. The number of amides is 1. The summed E-state index contributed by atoms with van der Waals surface area (Å²) in [4.78, 5) is 11.7. The number of rotatable bonds is 5. The fourth-order valence-electron chi connectivity index (χ4n) is 1.59. The summed E-state index contributed by atoms with van der Waals surface area (Å²) < 4.78 is 6.70. The topological polar surface area (TPSA) is 56.1 Å². The van der Waals surface area contributed by atoms with Gasteiger partial charge in [-0.25, -0.2) is 4.68 Å². The number of halogens is 1. The summed E-state index contributed by atoms with van der Waals surface area (Å²) in [7, 11) is 0. The lowest BCUT2D eigenvalue weighted by Gasteiger charge is -2.11. The number of hydrogen-bond donors (Lipinski definition) is 1. The molecule has 5 nitrogen and oxygen atoms in total. The first-order valence-corrected chi connectivity index (χ1v) is 6.25. The molecule has 0 spiro atoms. The van der Waals surface area contributed by atoms with Gasteiger partial charge in [0, 0.05) is 24.0 Å². The SMILES string of the molecule is CCOCC(=O)Nc1ccc(Cl)cc1-n1cccn1. The average molecular weight is 280 g/mol. The molecule has 1 heterocycles. The van der Waals surface area contributed by atoms with Crippen LogP contribution in [-0.2, 0) is 9.53 Å². The van der Waals surface area contributed by atoms with Gasteiger partial charge in [0.25, 0.3) is 0 Å². The van der Waals surface area contributed by atoms with Gasteiger partial charge in [-0.05, 0) is 31.2 Å². The van der Waals surface area contributed by atoms with E-state index in [2.05, 4.69) is 10.4 Å². The summed E-state index contributed by atoms with van der Waals surface area (Å²) in [5, 5.41) is 7.49. The molecule has 0 bridgehead atoms. The summed E-state index contributed by atoms with van der Waals surface area (Å²) in [5.41, 5.74) is 1.35. The van der Waals surface area contributed by atoms with Crippen molar-refractivity contribution >= 4 is 23.2 Å². The summed E-state index contributed by atoms with van der Waals surface area (Å²) in [6.07, 6.45) is 3.44. The molecular weight excluding hydrogens is 266 g/mol. The molecule has 19 heavy (non-hydrogen) atoms. The van der Waals surface area contributed by atoms with Crippen LogP contribution in [0.4, 0.5) is 5.69 Å². The highest BCUT2D eigenvalue weighted by atomic mass is 35.5. The quantitative estimate of drug-likeness (QED) is 0.915. The van der Waals surface area contributed by atoms with Crippen molar-refractivity contribution in [2.75, 3.05) is 18.5 Å². The number of carbonyl (C=O) groups is 1. The molecule has 1 N–H and O–H groups in total.